The molecule has 7 nitrogen and oxygen atoms in total. The van der Waals surface area contributed by atoms with Gasteiger partial charge in [-0.15, -0.1) is 0 Å². The first-order valence-electron chi connectivity index (χ1n) is 8.79. The van der Waals surface area contributed by atoms with Gasteiger partial charge in [0.1, 0.15) is 5.75 Å². The van der Waals surface area contributed by atoms with Crippen molar-refractivity contribution in [2.75, 3.05) is 39.9 Å². The predicted octanol–water partition coefficient (Wildman–Crippen LogP) is 2.43. The minimum atomic E-state index is -0.223. The van der Waals surface area contributed by atoms with E-state index in [-0.39, 0.29) is 6.09 Å². The molecule has 2 heterocycles. The van der Waals surface area contributed by atoms with E-state index in [9.17, 15) is 4.79 Å². The summed E-state index contributed by atoms with van der Waals surface area (Å²) in [7, 11) is 1.65. The number of hydrogen-bond acceptors (Lipinski definition) is 6. The second kappa shape index (κ2) is 8.62. The van der Waals surface area contributed by atoms with Crippen LogP contribution in [0.4, 0.5) is 4.79 Å². The number of benzene rings is 1. The van der Waals surface area contributed by atoms with Crippen LogP contribution in [-0.4, -0.2) is 65.8 Å². The van der Waals surface area contributed by atoms with Crippen LogP contribution >= 0.6 is 0 Å². The fraction of sp³-hybridized carbons (Fsp3) is 0.421. The fourth-order valence-corrected chi connectivity index (χ4v) is 2.89. The average Bonchev–Trinajstić information content (AvgIpc) is 2.69. The highest BCUT2D eigenvalue weighted by molar-refractivity contribution is 5.67. The van der Waals surface area contributed by atoms with Gasteiger partial charge in [0.2, 0.25) is 0 Å². The highest BCUT2D eigenvalue weighted by Gasteiger charge is 2.21. The van der Waals surface area contributed by atoms with Crippen molar-refractivity contribution in [3.8, 4) is 17.1 Å². The Hall–Kier alpha value is -2.67. The molecule has 0 N–H and O–H groups in total. The molecule has 0 bridgehead atoms. The maximum atomic E-state index is 11.7. The van der Waals surface area contributed by atoms with Gasteiger partial charge in [-0.25, -0.2) is 14.8 Å². The summed E-state index contributed by atoms with van der Waals surface area (Å²) in [4.78, 5) is 24.7. The van der Waals surface area contributed by atoms with Gasteiger partial charge in [0.25, 0.3) is 0 Å². The Kier molecular flexibility index (Phi) is 6.01. The minimum absolute atomic E-state index is 0.223. The summed E-state index contributed by atoms with van der Waals surface area (Å²) in [5.74, 6) is 1.51. The molecule has 0 spiro atoms. The van der Waals surface area contributed by atoms with E-state index >= 15 is 0 Å². The molecule has 138 valence electrons. The Morgan fingerprint density at radius 3 is 2.31 bits per heavy atom. The first-order valence-corrected chi connectivity index (χ1v) is 8.79. The Balaban J connectivity index is 1.54. The molecule has 26 heavy (non-hydrogen) atoms. The minimum Gasteiger partial charge on any atom is -0.497 e. The number of ether oxygens (including phenoxy) is 2. The van der Waals surface area contributed by atoms with Gasteiger partial charge in [0.15, 0.2) is 5.82 Å². The van der Waals surface area contributed by atoms with Gasteiger partial charge in [-0.3, -0.25) is 4.90 Å². The van der Waals surface area contributed by atoms with Crippen LogP contribution < -0.4 is 4.74 Å². The summed E-state index contributed by atoms with van der Waals surface area (Å²) >= 11 is 0. The number of rotatable bonds is 5. The number of carbonyl (C=O) groups excluding carboxylic acids is 1. The molecule has 0 unspecified atom stereocenters. The number of nitrogens with zero attached hydrogens (tertiary/aromatic N) is 4. The zero-order chi connectivity index (χ0) is 18.4. The molecule has 0 aliphatic carbocycles. The first-order chi connectivity index (χ1) is 12.7. The molecule has 0 radical (unpaired) electrons. The molecule has 7 heteroatoms. The van der Waals surface area contributed by atoms with Crippen LogP contribution in [0.2, 0.25) is 0 Å². The zero-order valence-corrected chi connectivity index (χ0v) is 15.2. The molecule has 1 aromatic carbocycles. The van der Waals surface area contributed by atoms with E-state index in [2.05, 4.69) is 14.9 Å². The summed E-state index contributed by atoms with van der Waals surface area (Å²) in [6.07, 6.45) is 3.51. The van der Waals surface area contributed by atoms with Gasteiger partial charge in [-0.1, -0.05) is 0 Å². The second-order valence-corrected chi connectivity index (χ2v) is 6.11. The molecule has 1 amide bonds. The van der Waals surface area contributed by atoms with Crippen molar-refractivity contribution in [2.45, 2.75) is 13.5 Å². The molecule has 0 saturated carbocycles. The van der Waals surface area contributed by atoms with Gasteiger partial charge in [0, 0.05) is 56.2 Å². The summed E-state index contributed by atoms with van der Waals surface area (Å²) < 4.78 is 10.2. The third-order valence-electron chi connectivity index (χ3n) is 4.36. The normalized spacial score (nSPS) is 14.9. The summed E-state index contributed by atoms with van der Waals surface area (Å²) in [6, 6.07) is 7.69. The SMILES string of the molecule is CCOC(=O)N1CCN(Cc2cnc(-c3ccc(OC)cc3)nc2)CC1. The maximum absolute atomic E-state index is 11.7. The largest absolute Gasteiger partial charge is 0.497 e. The van der Waals surface area contributed by atoms with Crippen LogP contribution in [0, 0.1) is 0 Å². The lowest BCUT2D eigenvalue weighted by Crippen LogP contribution is -2.48. The van der Waals surface area contributed by atoms with E-state index in [1.165, 1.54) is 0 Å². The average molecular weight is 356 g/mol. The Morgan fingerprint density at radius 1 is 1.08 bits per heavy atom. The van der Waals surface area contributed by atoms with Crippen molar-refractivity contribution in [3.63, 3.8) is 0 Å². The molecule has 1 aliphatic rings. The van der Waals surface area contributed by atoms with Crippen molar-refractivity contribution in [2.24, 2.45) is 0 Å². The van der Waals surface area contributed by atoms with E-state index < -0.39 is 0 Å². The maximum Gasteiger partial charge on any atom is 0.409 e. The van der Waals surface area contributed by atoms with E-state index in [1.807, 2.05) is 43.6 Å². The molecular weight excluding hydrogens is 332 g/mol. The Morgan fingerprint density at radius 2 is 1.73 bits per heavy atom. The second-order valence-electron chi connectivity index (χ2n) is 6.11. The van der Waals surface area contributed by atoms with Crippen molar-refractivity contribution in [3.05, 3.63) is 42.2 Å². The Bertz CT molecular complexity index is 711. The van der Waals surface area contributed by atoms with E-state index in [0.717, 1.165) is 36.5 Å². The van der Waals surface area contributed by atoms with Gasteiger partial charge in [0.05, 0.1) is 13.7 Å². The standard InChI is InChI=1S/C19H24N4O3/c1-3-26-19(24)23-10-8-22(9-11-23)14-15-12-20-18(21-13-15)16-4-6-17(25-2)7-5-16/h4-7,12-13H,3,8-11,14H2,1-2H3. The number of carbonyl (C=O) groups is 1. The predicted molar refractivity (Wildman–Crippen MR) is 97.9 cm³/mol. The van der Waals surface area contributed by atoms with Crippen LogP contribution in [0.15, 0.2) is 36.7 Å². The third kappa shape index (κ3) is 4.49. The molecule has 1 aliphatic heterocycles. The van der Waals surface area contributed by atoms with Crippen LogP contribution in [0.5, 0.6) is 5.75 Å². The lowest BCUT2D eigenvalue weighted by Gasteiger charge is -2.33. The molecule has 0 atom stereocenters. The number of hydrogen-bond donors (Lipinski definition) is 0. The molecule has 1 fully saturated rings. The number of methoxy groups -OCH3 is 1. The van der Waals surface area contributed by atoms with E-state index in [1.54, 1.807) is 12.0 Å². The molecule has 3 rings (SSSR count). The van der Waals surface area contributed by atoms with Gasteiger partial charge < -0.3 is 14.4 Å². The van der Waals surface area contributed by atoms with Crippen molar-refractivity contribution in [1.82, 2.24) is 19.8 Å². The van der Waals surface area contributed by atoms with Gasteiger partial charge >= 0.3 is 6.09 Å². The highest BCUT2D eigenvalue weighted by atomic mass is 16.6. The lowest BCUT2D eigenvalue weighted by atomic mass is 10.2. The number of amides is 1. The Labute approximate surface area is 153 Å². The monoisotopic (exact) mass is 356 g/mol. The van der Waals surface area contributed by atoms with Crippen LogP contribution in [0.25, 0.3) is 11.4 Å². The van der Waals surface area contributed by atoms with Crippen molar-refractivity contribution in [1.29, 1.82) is 0 Å². The number of piperazine rings is 1. The van der Waals surface area contributed by atoms with Gasteiger partial charge in [-0.05, 0) is 31.2 Å². The quantitative estimate of drug-likeness (QED) is 0.820. The van der Waals surface area contributed by atoms with Crippen molar-refractivity contribution < 1.29 is 14.3 Å². The topological polar surface area (TPSA) is 67.8 Å². The zero-order valence-electron chi connectivity index (χ0n) is 15.2. The first kappa shape index (κ1) is 18.1. The van der Waals surface area contributed by atoms with Crippen LogP contribution in [0.1, 0.15) is 12.5 Å². The van der Waals surface area contributed by atoms with E-state index in [0.29, 0.717) is 25.5 Å². The third-order valence-corrected chi connectivity index (χ3v) is 4.36. The lowest BCUT2D eigenvalue weighted by molar-refractivity contribution is 0.0778. The van der Waals surface area contributed by atoms with Crippen LogP contribution in [-0.2, 0) is 11.3 Å². The van der Waals surface area contributed by atoms with E-state index in [4.69, 9.17) is 9.47 Å². The molecule has 2 aromatic rings. The van der Waals surface area contributed by atoms with Gasteiger partial charge in [-0.2, -0.15) is 0 Å². The van der Waals surface area contributed by atoms with Crippen molar-refractivity contribution >= 4 is 6.09 Å². The van der Waals surface area contributed by atoms with Crippen LogP contribution in [0.3, 0.4) is 0 Å². The highest BCUT2D eigenvalue weighted by Crippen LogP contribution is 2.19. The summed E-state index contributed by atoms with van der Waals surface area (Å²) in [5, 5.41) is 0. The summed E-state index contributed by atoms with van der Waals surface area (Å²) in [6.45, 7) is 6.02. The smallest absolute Gasteiger partial charge is 0.409 e. The molecule has 1 saturated heterocycles. The summed E-state index contributed by atoms with van der Waals surface area (Å²) in [5.41, 5.74) is 2.02. The fourth-order valence-electron chi connectivity index (χ4n) is 2.89. The number of aromatic nitrogens is 2. The molecule has 1 aromatic heterocycles. The molecular formula is C19H24N4O3.